The maximum atomic E-state index is 11.5. The molecule has 0 aromatic rings. The molecule has 0 heterocycles. The summed E-state index contributed by atoms with van der Waals surface area (Å²) in [4.78, 5) is 11.5. The van der Waals surface area contributed by atoms with Gasteiger partial charge in [0.2, 0.25) is 0 Å². The molecule has 0 aromatic carbocycles. The van der Waals surface area contributed by atoms with Crippen LogP contribution in [0.3, 0.4) is 0 Å². The Morgan fingerprint density at radius 2 is 1.80 bits per heavy atom. The number of rotatable bonds is 8. The van der Waals surface area contributed by atoms with Gasteiger partial charge in [-0.15, -0.1) is 0 Å². The summed E-state index contributed by atoms with van der Waals surface area (Å²) in [6.45, 7) is 11.1. The average Bonchev–Trinajstić information content (AvgIpc) is 2.26. The highest BCUT2D eigenvalue weighted by atomic mass is 16.6. The highest BCUT2D eigenvalue weighted by Gasteiger charge is 2.26. The van der Waals surface area contributed by atoms with E-state index >= 15 is 0 Å². The van der Waals surface area contributed by atoms with Crippen molar-refractivity contribution in [2.75, 3.05) is 0 Å². The van der Waals surface area contributed by atoms with Gasteiger partial charge in [0.15, 0.2) is 5.60 Å². The molecule has 0 bridgehead atoms. The van der Waals surface area contributed by atoms with E-state index in [-0.39, 0.29) is 6.10 Å². The second-order valence-corrected chi connectivity index (χ2v) is 6.22. The Morgan fingerprint density at radius 1 is 1.20 bits per heavy atom. The normalized spacial score (nSPS) is 13.8. The van der Waals surface area contributed by atoms with Gasteiger partial charge in [-0.3, -0.25) is 0 Å². The molecule has 0 saturated heterocycles. The standard InChI is InChI=1S/C17H30O3/c1-13(2)9-7-10-14(3)11-8-12-15(4)20-16(18)17(5,6)19/h9,11,15,19H,7-8,10,12H2,1-6H3. The highest BCUT2D eigenvalue weighted by Crippen LogP contribution is 2.12. The molecule has 1 atom stereocenters. The molecule has 1 N–H and O–H groups in total. The smallest absolute Gasteiger partial charge is 0.337 e. The molecular formula is C17H30O3. The summed E-state index contributed by atoms with van der Waals surface area (Å²) in [5.74, 6) is -0.561. The summed E-state index contributed by atoms with van der Waals surface area (Å²) >= 11 is 0. The molecule has 3 nitrogen and oxygen atoms in total. The fourth-order valence-corrected chi connectivity index (χ4v) is 1.64. The lowest BCUT2D eigenvalue weighted by Gasteiger charge is -2.19. The molecule has 0 rings (SSSR count). The van der Waals surface area contributed by atoms with Crippen molar-refractivity contribution in [3.8, 4) is 0 Å². The largest absolute Gasteiger partial charge is 0.461 e. The summed E-state index contributed by atoms with van der Waals surface area (Å²) in [6.07, 6.45) is 8.09. The maximum Gasteiger partial charge on any atom is 0.337 e. The van der Waals surface area contributed by atoms with Gasteiger partial charge in [-0.05, 0) is 67.2 Å². The zero-order valence-corrected chi connectivity index (χ0v) is 13.8. The van der Waals surface area contributed by atoms with Crippen molar-refractivity contribution in [2.24, 2.45) is 0 Å². The van der Waals surface area contributed by atoms with Crippen LogP contribution < -0.4 is 0 Å². The first-order valence-electron chi connectivity index (χ1n) is 7.35. The molecule has 116 valence electrons. The van der Waals surface area contributed by atoms with E-state index in [9.17, 15) is 9.90 Å². The number of esters is 1. The molecule has 0 saturated carbocycles. The predicted octanol–water partition coefficient (Wildman–Crippen LogP) is 4.16. The van der Waals surface area contributed by atoms with Crippen molar-refractivity contribution < 1.29 is 14.6 Å². The summed E-state index contributed by atoms with van der Waals surface area (Å²) in [7, 11) is 0. The Hall–Kier alpha value is -1.09. The third-order valence-corrected chi connectivity index (χ3v) is 2.97. The van der Waals surface area contributed by atoms with Crippen LogP contribution in [0.2, 0.25) is 0 Å². The van der Waals surface area contributed by atoms with E-state index in [0.717, 1.165) is 25.7 Å². The van der Waals surface area contributed by atoms with Gasteiger partial charge in [-0.25, -0.2) is 4.79 Å². The number of carbonyl (C=O) groups is 1. The van der Waals surface area contributed by atoms with Crippen LogP contribution in [0, 0.1) is 0 Å². The second kappa shape index (κ2) is 8.96. The summed E-state index contributed by atoms with van der Waals surface area (Å²) in [5.41, 5.74) is 1.30. The Labute approximate surface area is 123 Å². The molecule has 1 unspecified atom stereocenters. The SMILES string of the molecule is CC(C)=CCCC(C)=CCCC(C)OC(=O)C(C)(C)O. The first-order valence-corrected chi connectivity index (χ1v) is 7.35. The van der Waals surface area contributed by atoms with E-state index in [0.29, 0.717) is 0 Å². The fraction of sp³-hybridized carbons (Fsp3) is 0.706. The minimum absolute atomic E-state index is 0.171. The molecule has 0 radical (unpaired) electrons. The number of aliphatic hydroxyl groups is 1. The fourth-order valence-electron chi connectivity index (χ4n) is 1.64. The number of carbonyl (C=O) groups excluding carboxylic acids is 1. The van der Waals surface area contributed by atoms with Crippen molar-refractivity contribution in [2.45, 2.75) is 78.9 Å². The molecule has 20 heavy (non-hydrogen) atoms. The van der Waals surface area contributed by atoms with Crippen LogP contribution in [0.4, 0.5) is 0 Å². The number of allylic oxidation sites excluding steroid dienone is 4. The second-order valence-electron chi connectivity index (χ2n) is 6.22. The quantitative estimate of drug-likeness (QED) is 0.537. The van der Waals surface area contributed by atoms with Gasteiger partial charge >= 0.3 is 5.97 Å². The van der Waals surface area contributed by atoms with Crippen molar-refractivity contribution in [3.63, 3.8) is 0 Å². The van der Waals surface area contributed by atoms with E-state index in [2.05, 4.69) is 32.9 Å². The average molecular weight is 282 g/mol. The first-order chi connectivity index (χ1) is 9.12. The number of ether oxygens (including phenoxy) is 1. The first kappa shape index (κ1) is 18.9. The van der Waals surface area contributed by atoms with Crippen LogP contribution in [0.1, 0.15) is 67.2 Å². The van der Waals surface area contributed by atoms with Crippen LogP contribution in [0.25, 0.3) is 0 Å². The molecule has 0 aliphatic carbocycles. The highest BCUT2D eigenvalue weighted by molar-refractivity contribution is 5.78. The molecule has 0 amide bonds. The Kier molecular flexibility index (Phi) is 8.47. The van der Waals surface area contributed by atoms with E-state index in [4.69, 9.17) is 4.74 Å². The molecule has 0 fully saturated rings. The van der Waals surface area contributed by atoms with Crippen molar-refractivity contribution in [1.82, 2.24) is 0 Å². The molecule has 0 aliphatic rings. The third-order valence-electron chi connectivity index (χ3n) is 2.97. The predicted molar refractivity (Wildman–Crippen MR) is 83.5 cm³/mol. The topological polar surface area (TPSA) is 46.5 Å². The minimum Gasteiger partial charge on any atom is -0.461 e. The summed E-state index contributed by atoms with van der Waals surface area (Å²) in [6, 6.07) is 0. The van der Waals surface area contributed by atoms with E-state index in [1.54, 1.807) is 0 Å². The lowest BCUT2D eigenvalue weighted by molar-refractivity contribution is -0.166. The maximum absolute atomic E-state index is 11.5. The zero-order valence-electron chi connectivity index (χ0n) is 13.8. The number of hydrogen-bond donors (Lipinski definition) is 1. The van der Waals surface area contributed by atoms with Gasteiger partial charge in [0, 0.05) is 0 Å². The molecule has 0 aliphatic heterocycles. The van der Waals surface area contributed by atoms with Gasteiger partial charge in [-0.1, -0.05) is 23.3 Å². The third kappa shape index (κ3) is 9.79. The van der Waals surface area contributed by atoms with Crippen molar-refractivity contribution >= 4 is 5.97 Å². The van der Waals surface area contributed by atoms with Gasteiger partial charge in [-0.2, -0.15) is 0 Å². The zero-order chi connectivity index (χ0) is 15.8. The lowest BCUT2D eigenvalue weighted by atomic mass is 10.1. The molecule has 0 aromatic heterocycles. The lowest BCUT2D eigenvalue weighted by Crippen LogP contribution is -2.35. The van der Waals surface area contributed by atoms with Crippen LogP contribution >= 0.6 is 0 Å². The van der Waals surface area contributed by atoms with E-state index < -0.39 is 11.6 Å². The van der Waals surface area contributed by atoms with Gasteiger partial charge in [0.25, 0.3) is 0 Å². The van der Waals surface area contributed by atoms with Crippen LogP contribution in [-0.2, 0) is 9.53 Å². The van der Waals surface area contributed by atoms with Crippen molar-refractivity contribution in [1.29, 1.82) is 0 Å². The molecule has 0 spiro atoms. The Balaban J connectivity index is 3.98. The van der Waals surface area contributed by atoms with E-state index in [1.807, 2.05) is 6.92 Å². The Bertz CT molecular complexity index is 355. The Morgan fingerprint density at radius 3 is 2.30 bits per heavy atom. The van der Waals surface area contributed by atoms with Gasteiger partial charge in [0.05, 0.1) is 6.10 Å². The van der Waals surface area contributed by atoms with E-state index in [1.165, 1.54) is 25.0 Å². The molecular weight excluding hydrogens is 252 g/mol. The van der Waals surface area contributed by atoms with Crippen LogP contribution in [0.5, 0.6) is 0 Å². The molecule has 3 heteroatoms. The van der Waals surface area contributed by atoms with Crippen molar-refractivity contribution in [3.05, 3.63) is 23.3 Å². The minimum atomic E-state index is -1.41. The van der Waals surface area contributed by atoms with Gasteiger partial charge in [0.1, 0.15) is 0 Å². The summed E-state index contributed by atoms with van der Waals surface area (Å²) in [5, 5.41) is 9.50. The van der Waals surface area contributed by atoms with Crippen LogP contribution in [0.15, 0.2) is 23.3 Å². The summed E-state index contributed by atoms with van der Waals surface area (Å²) < 4.78 is 5.18. The van der Waals surface area contributed by atoms with Crippen LogP contribution in [-0.4, -0.2) is 22.8 Å². The monoisotopic (exact) mass is 282 g/mol. The van der Waals surface area contributed by atoms with Gasteiger partial charge < -0.3 is 9.84 Å². The number of hydrogen-bond acceptors (Lipinski definition) is 3.